The summed E-state index contributed by atoms with van der Waals surface area (Å²) in [4.78, 5) is 0.0136. The minimum absolute atomic E-state index is 0.0136. The summed E-state index contributed by atoms with van der Waals surface area (Å²) < 4.78 is 26.9. The molecular weight excluding hydrogens is 297 g/mol. The molecule has 0 spiro atoms. The molecule has 1 aliphatic rings. The van der Waals surface area contributed by atoms with Gasteiger partial charge >= 0.3 is 0 Å². The number of hydrogen-bond donors (Lipinski definition) is 2. The predicted octanol–water partition coefficient (Wildman–Crippen LogP) is 2.19. The molecule has 0 aromatic heterocycles. The van der Waals surface area contributed by atoms with Gasteiger partial charge in [-0.05, 0) is 37.5 Å². The summed E-state index contributed by atoms with van der Waals surface area (Å²) in [6.07, 6.45) is 2.17. The summed E-state index contributed by atoms with van der Waals surface area (Å²) in [5, 5.41) is 9.79. The van der Waals surface area contributed by atoms with Crippen molar-refractivity contribution in [3.8, 4) is 0 Å². The lowest BCUT2D eigenvalue weighted by Crippen LogP contribution is -2.55. The normalized spacial score (nSPS) is 18.4. The van der Waals surface area contributed by atoms with Gasteiger partial charge in [-0.25, -0.2) is 13.1 Å². The zero-order valence-electron chi connectivity index (χ0n) is 9.49. The zero-order valence-corrected chi connectivity index (χ0v) is 11.8. The van der Waals surface area contributed by atoms with Crippen molar-refractivity contribution in [2.24, 2.45) is 0 Å². The number of rotatable bonds is 4. The number of benzene rings is 1. The Morgan fingerprint density at radius 1 is 1.22 bits per heavy atom. The van der Waals surface area contributed by atoms with Crippen LogP contribution in [0.25, 0.3) is 0 Å². The Labute approximate surface area is 116 Å². The highest BCUT2D eigenvalue weighted by molar-refractivity contribution is 7.89. The van der Waals surface area contributed by atoms with Crippen LogP contribution in [0.4, 0.5) is 0 Å². The van der Waals surface area contributed by atoms with Crippen molar-refractivity contribution < 1.29 is 13.5 Å². The second kappa shape index (κ2) is 4.98. The number of halogens is 2. The van der Waals surface area contributed by atoms with Gasteiger partial charge in [-0.15, -0.1) is 0 Å². The molecule has 0 unspecified atom stereocenters. The average Bonchev–Trinajstić information content (AvgIpc) is 2.22. The SMILES string of the molecule is O=S(=O)(NC1(CO)CCC1)c1cc(Cl)cc(Cl)c1. The first kappa shape index (κ1) is 14.1. The van der Waals surface area contributed by atoms with Gasteiger partial charge in [0, 0.05) is 10.0 Å². The fraction of sp³-hybridized carbons (Fsp3) is 0.455. The highest BCUT2D eigenvalue weighted by Crippen LogP contribution is 2.33. The minimum Gasteiger partial charge on any atom is -0.394 e. The van der Waals surface area contributed by atoms with E-state index in [1.54, 1.807) is 0 Å². The van der Waals surface area contributed by atoms with Gasteiger partial charge in [-0.1, -0.05) is 23.2 Å². The zero-order chi connectivity index (χ0) is 13.4. The smallest absolute Gasteiger partial charge is 0.241 e. The summed E-state index contributed by atoms with van der Waals surface area (Å²) in [6, 6.07) is 4.13. The molecule has 2 N–H and O–H groups in total. The van der Waals surface area contributed by atoms with E-state index >= 15 is 0 Å². The van der Waals surface area contributed by atoms with Crippen LogP contribution in [0.2, 0.25) is 10.0 Å². The topological polar surface area (TPSA) is 66.4 Å². The van der Waals surface area contributed by atoms with Gasteiger partial charge in [0.1, 0.15) is 0 Å². The molecule has 1 aromatic rings. The predicted molar refractivity (Wildman–Crippen MR) is 70.5 cm³/mol. The van der Waals surface area contributed by atoms with E-state index in [0.717, 1.165) is 6.42 Å². The Bertz CT molecular complexity index is 530. The number of sulfonamides is 1. The maximum Gasteiger partial charge on any atom is 0.241 e. The summed E-state index contributed by atoms with van der Waals surface area (Å²) in [5.41, 5.74) is -0.729. The van der Waals surface area contributed by atoms with Crippen LogP contribution in [0, 0.1) is 0 Å². The molecule has 1 aliphatic carbocycles. The van der Waals surface area contributed by atoms with E-state index in [0.29, 0.717) is 12.8 Å². The van der Waals surface area contributed by atoms with Crippen LogP contribution < -0.4 is 4.72 Å². The van der Waals surface area contributed by atoms with Crippen molar-refractivity contribution in [2.45, 2.75) is 29.7 Å². The number of nitrogens with one attached hydrogen (secondary N) is 1. The highest BCUT2D eigenvalue weighted by Gasteiger charge is 2.40. The standard InChI is InChI=1S/C11H13Cl2NO3S/c12-8-4-9(13)6-10(5-8)18(16,17)14-11(7-15)2-1-3-11/h4-6,14-15H,1-3,7H2. The molecule has 0 amide bonds. The van der Waals surface area contributed by atoms with Crippen LogP contribution >= 0.6 is 23.2 Å². The van der Waals surface area contributed by atoms with Crippen molar-refractivity contribution in [1.82, 2.24) is 4.72 Å². The molecule has 0 bridgehead atoms. The van der Waals surface area contributed by atoms with E-state index in [1.165, 1.54) is 18.2 Å². The van der Waals surface area contributed by atoms with Crippen molar-refractivity contribution in [3.05, 3.63) is 28.2 Å². The van der Waals surface area contributed by atoms with Crippen LogP contribution in [0.15, 0.2) is 23.1 Å². The van der Waals surface area contributed by atoms with Crippen molar-refractivity contribution >= 4 is 33.2 Å². The molecule has 0 radical (unpaired) electrons. The first-order chi connectivity index (χ1) is 8.37. The quantitative estimate of drug-likeness (QED) is 0.896. The number of aliphatic hydroxyl groups is 1. The molecule has 0 aliphatic heterocycles. The van der Waals surface area contributed by atoms with Crippen molar-refractivity contribution in [2.75, 3.05) is 6.61 Å². The first-order valence-electron chi connectivity index (χ1n) is 5.48. The average molecular weight is 310 g/mol. The highest BCUT2D eigenvalue weighted by atomic mass is 35.5. The lowest BCUT2D eigenvalue weighted by atomic mass is 9.78. The second-order valence-corrected chi connectivity index (χ2v) is 7.06. The number of hydrogen-bond acceptors (Lipinski definition) is 3. The Hall–Kier alpha value is -0.330. The van der Waals surface area contributed by atoms with Crippen LogP contribution in [0.3, 0.4) is 0 Å². The third kappa shape index (κ3) is 2.81. The minimum atomic E-state index is -3.71. The van der Waals surface area contributed by atoms with E-state index < -0.39 is 15.6 Å². The molecule has 0 heterocycles. The summed E-state index contributed by atoms with van der Waals surface area (Å²) >= 11 is 11.6. The van der Waals surface area contributed by atoms with Crippen LogP contribution in [-0.4, -0.2) is 25.7 Å². The Balaban J connectivity index is 2.30. The number of aliphatic hydroxyl groups excluding tert-OH is 1. The molecule has 7 heteroatoms. The molecule has 4 nitrogen and oxygen atoms in total. The van der Waals surface area contributed by atoms with Gasteiger partial charge in [-0.2, -0.15) is 0 Å². The van der Waals surface area contributed by atoms with E-state index in [4.69, 9.17) is 23.2 Å². The van der Waals surface area contributed by atoms with Gasteiger partial charge in [-0.3, -0.25) is 0 Å². The fourth-order valence-electron chi connectivity index (χ4n) is 1.92. The van der Waals surface area contributed by atoms with E-state index in [2.05, 4.69) is 4.72 Å². The van der Waals surface area contributed by atoms with Gasteiger partial charge in [0.2, 0.25) is 10.0 Å². The molecule has 100 valence electrons. The Morgan fingerprint density at radius 2 is 1.78 bits per heavy atom. The van der Waals surface area contributed by atoms with Crippen molar-refractivity contribution in [1.29, 1.82) is 0 Å². The van der Waals surface area contributed by atoms with Gasteiger partial charge in [0.15, 0.2) is 0 Å². The monoisotopic (exact) mass is 309 g/mol. The van der Waals surface area contributed by atoms with E-state index in [-0.39, 0.29) is 21.5 Å². The maximum absolute atomic E-state index is 12.2. The maximum atomic E-state index is 12.2. The third-order valence-electron chi connectivity index (χ3n) is 3.11. The molecule has 18 heavy (non-hydrogen) atoms. The van der Waals surface area contributed by atoms with E-state index in [9.17, 15) is 13.5 Å². The molecular formula is C11H13Cl2NO3S. The first-order valence-corrected chi connectivity index (χ1v) is 7.72. The van der Waals surface area contributed by atoms with Gasteiger partial charge in [0.25, 0.3) is 0 Å². The largest absolute Gasteiger partial charge is 0.394 e. The summed E-state index contributed by atoms with van der Waals surface area (Å²) in [5.74, 6) is 0. The van der Waals surface area contributed by atoms with E-state index in [1.807, 2.05) is 0 Å². The van der Waals surface area contributed by atoms with Crippen molar-refractivity contribution in [3.63, 3.8) is 0 Å². The van der Waals surface area contributed by atoms with Gasteiger partial charge in [0.05, 0.1) is 17.0 Å². The molecule has 1 fully saturated rings. The van der Waals surface area contributed by atoms with Crippen LogP contribution in [-0.2, 0) is 10.0 Å². The summed E-state index contributed by atoms with van der Waals surface area (Å²) in [6.45, 7) is -0.208. The molecule has 1 aromatic carbocycles. The second-order valence-electron chi connectivity index (χ2n) is 4.50. The fourth-order valence-corrected chi connectivity index (χ4v) is 4.10. The summed E-state index contributed by atoms with van der Waals surface area (Å²) in [7, 11) is -3.71. The lowest BCUT2D eigenvalue weighted by molar-refractivity contribution is 0.110. The lowest BCUT2D eigenvalue weighted by Gasteiger charge is -2.40. The molecule has 0 atom stereocenters. The Kier molecular flexibility index (Phi) is 3.90. The van der Waals surface area contributed by atoms with Crippen LogP contribution in [0.5, 0.6) is 0 Å². The Morgan fingerprint density at radius 3 is 2.17 bits per heavy atom. The van der Waals surface area contributed by atoms with Gasteiger partial charge < -0.3 is 5.11 Å². The van der Waals surface area contributed by atoms with Crippen LogP contribution in [0.1, 0.15) is 19.3 Å². The molecule has 1 saturated carbocycles. The molecule has 2 rings (SSSR count). The third-order valence-corrected chi connectivity index (χ3v) is 5.11. The molecule has 0 saturated heterocycles.